The first-order valence-electron chi connectivity index (χ1n) is 3.01. The van der Waals surface area contributed by atoms with Gasteiger partial charge in [0.25, 0.3) is 0 Å². The summed E-state index contributed by atoms with van der Waals surface area (Å²) in [5.74, 6) is -0.648. The van der Waals surface area contributed by atoms with E-state index < -0.39 is 5.82 Å². The molecule has 65 valence electrons. The maximum atomic E-state index is 12.5. The molecule has 0 aromatic carbocycles. The Kier molecular flexibility index (Phi) is 5.95. The summed E-state index contributed by atoms with van der Waals surface area (Å²) >= 11 is 0. The lowest BCUT2D eigenvalue weighted by Crippen LogP contribution is -2.01. The number of rotatable bonds is 2. The van der Waals surface area contributed by atoms with Gasteiger partial charge in [-0.05, 0) is 6.07 Å². The van der Waals surface area contributed by atoms with Crippen molar-refractivity contribution in [2.24, 2.45) is 0 Å². The number of aliphatic hydroxyl groups is 1. The van der Waals surface area contributed by atoms with Gasteiger partial charge in [0.1, 0.15) is 5.75 Å². The lowest BCUT2D eigenvalue weighted by molar-refractivity contribution is 0.399. The molecule has 1 aromatic heterocycles. The van der Waals surface area contributed by atoms with Gasteiger partial charge in [-0.15, -0.1) is 0 Å². The minimum Gasteiger partial charge on any atom is -0.535 e. The van der Waals surface area contributed by atoms with Crippen LogP contribution < -0.4 is 4.65 Å². The van der Waals surface area contributed by atoms with Crippen LogP contribution in [0, 0.1) is 5.82 Å². The topological polar surface area (TPSA) is 62.6 Å². The molecule has 0 spiro atoms. The maximum absolute atomic E-state index is 12.5. The van der Waals surface area contributed by atoms with Crippen LogP contribution in [0.5, 0.6) is 5.75 Å². The Morgan fingerprint density at radius 2 is 2.25 bits per heavy atom. The van der Waals surface area contributed by atoms with Crippen molar-refractivity contribution in [3.05, 3.63) is 24.3 Å². The fourth-order valence-electron chi connectivity index (χ4n) is 0.515. The van der Waals surface area contributed by atoms with Crippen molar-refractivity contribution in [2.45, 2.75) is 0 Å². The van der Waals surface area contributed by atoms with Crippen LogP contribution in [0.4, 0.5) is 4.39 Å². The first-order chi connectivity index (χ1) is 5.84. The third-order valence-corrected chi connectivity index (χ3v) is 0.915. The second-order valence-electron chi connectivity index (χ2n) is 1.53. The third-order valence-electron chi connectivity index (χ3n) is 0.915. The number of hydrogen-bond acceptors (Lipinski definition) is 4. The van der Waals surface area contributed by atoms with E-state index in [4.69, 9.17) is 10.1 Å². The second kappa shape index (κ2) is 6.57. The largest absolute Gasteiger partial charge is 0.569 e. The summed E-state index contributed by atoms with van der Waals surface area (Å²) in [4.78, 5) is 3.48. The van der Waals surface area contributed by atoms with Crippen molar-refractivity contribution < 1.29 is 19.2 Å². The van der Waals surface area contributed by atoms with Crippen LogP contribution >= 0.6 is 0 Å². The Labute approximate surface area is 69.9 Å². The molecule has 1 heterocycles. The summed E-state index contributed by atoms with van der Waals surface area (Å²) in [6, 6.07) is 1.31. The summed E-state index contributed by atoms with van der Waals surface area (Å²) in [5, 5.41) is 15.1. The number of halogens is 1. The van der Waals surface area contributed by atoms with Crippen molar-refractivity contribution in [1.82, 2.24) is 4.98 Å². The number of aromatic nitrogens is 1. The molecule has 0 aliphatic carbocycles. The van der Waals surface area contributed by atoms with Crippen molar-refractivity contribution >= 4 is 7.69 Å². The molecule has 0 amide bonds. The van der Waals surface area contributed by atoms with E-state index in [0.717, 1.165) is 13.3 Å². The summed E-state index contributed by atoms with van der Waals surface area (Å²) in [6.45, 7) is 0. The quantitative estimate of drug-likeness (QED) is 0.603. The van der Waals surface area contributed by atoms with Crippen LogP contribution in [0.3, 0.4) is 0 Å². The average molecular weight is 172 g/mol. The molecule has 0 saturated heterocycles. The number of aliphatic hydroxyl groups excluding tert-OH is 1. The summed E-state index contributed by atoms with van der Waals surface area (Å²) in [6.07, 6.45) is 2.36. The third kappa shape index (κ3) is 3.31. The van der Waals surface area contributed by atoms with Gasteiger partial charge >= 0.3 is 7.69 Å². The highest BCUT2D eigenvalue weighted by atomic mass is 19.1. The molecule has 0 atom stereocenters. The summed E-state index contributed by atoms with van der Waals surface area (Å²) in [5.41, 5.74) is 0. The Morgan fingerprint density at radius 1 is 1.58 bits per heavy atom. The molecule has 2 N–H and O–H groups in total. The van der Waals surface area contributed by atoms with E-state index in [-0.39, 0.29) is 5.75 Å². The molecule has 4 nitrogen and oxygen atoms in total. The first kappa shape index (κ1) is 10.9. The smallest absolute Gasteiger partial charge is 0.535 e. The van der Waals surface area contributed by atoms with Gasteiger partial charge in [0, 0.05) is 13.3 Å². The van der Waals surface area contributed by atoms with Crippen LogP contribution in [0.25, 0.3) is 0 Å². The van der Waals surface area contributed by atoms with Crippen LogP contribution in [0.2, 0.25) is 0 Å². The predicted molar refractivity (Wildman–Crippen MR) is 40.9 cm³/mol. The van der Waals surface area contributed by atoms with Crippen molar-refractivity contribution in [1.29, 1.82) is 0 Å². The molecule has 1 rings (SSSR count). The second-order valence-corrected chi connectivity index (χ2v) is 1.53. The van der Waals surface area contributed by atoms with E-state index in [9.17, 15) is 4.39 Å². The highest BCUT2D eigenvalue weighted by Crippen LogP contribution is 2.12. The standard InChI is InChI=1S/C5H4BFNO2.CH4O/c7-4-3-8-2-1-5(4)10-6-9;1-2/h1-3,9H;2H,1H3. The number of nitrogens with zero attached hydrogens (tertiary/aromatic N) is 1. The van der Waals surface area contributed by atoms with Gasteiger partial charge in [0.15, 0.2) is 5.82 Å². The van der Waals surface area contributed by atoms with E-state index in [0.29, 0.717) is 7.69 Å². The molecule has 1 aromatic rings. The van der Waals surface area contributed by atoms with Gasteiger partial charge in [-0.3, -0.25) is 4.98 Å². The van der Waals surface area contributed by atoms with E-state index in [1.165, 1.54) is 12.3 Å². The van der Waals surface area contributed by atoms with Gasteiger partial charge in [-0.25, -0.2) is 4.39 Å². The lowest BCUT2D eigenvalue weighted by Gasteiger charge is -1.99. The number of hydrogen-bond donors (Lipinski definition) is 2. The van der Waals surface area contributed by atoms with Crippen LogP contribution in [0.1, 0.15) is 0 Å². The molecule has 0 aliphatic heterocycles. The van der Waals surface area contributed by atoms with Crippen molar-refractivity contribution in [2.75, 3.05) is 7.11 Å². The van der Waals surface area contributed by atoms with Crippen molar-refractivity contribution in [3.63, 3.8) is 0 Å². The molecule has 12 heavy (non-hydrogen) atoms. The van der Waals surface area contributed by atoms with Crippen LogP contribution in [-0.2, 0) is 0 Å². The normalized spacial score (nSPS) is 8.00. The van der Waals surface area contributed by atoms with E-state index >= 15 is 0 Å². The molecular formula is C6H8BFNO3. The Bertz CT molecular complexity index is 224. The van der Waals surface area contributed by atoms with E-state index in [1.54, 1.807) is 0 Å². The highest BCUT2D eigenvalue weighted by molar-refractivity contribution is 6.17. The maximum Gasteiger partial charge on any atom is 0.569 e. The monoisotopic (exact) mass is 172 g/mol. The lowest BCUT2D eigenvalue weighted by atomic mass is 10.3. The van der Waals surface area contributed by atoms with E-state index in [2.05, 4.69) is 9.64 Å². The van der Waals surface area contributed by atoms with Crippen LogP contribution in [-0.4, -0.2) is 29.9 Å². The molecule has 0 bridgehead atoms. The fourth-order valence-corrected chi connectivity index (χ4v) is 0.515. The Hall–Kier alpha value is -1.14. The molecule has 0 fully saturated rings. The minimum atomic E-state index is -0.604. The highest BCUT2D eigenvalue weighted by Gasteiger charge is 2.00. The zero-order chi connectivity index (χ0) is 9.40. The summed E-state index contributed by atoms with van der Waals surface area (Å²) in [7, 11) is 1.42. The van der Waals surface area contributed by atoms with Gasteiger partial charge in [0.2, 0.25) is 0 Å². The van der Waals surface area contributed by atoms with Crippen molar-refractivity contribution in [3.8, 4) is 5.75 Å². The van der Waals surface area contributed by atoms with E-state index in [1.807, 2.05) is 0 Å². The van der Waals surface area contributed by atoms with Gasteiger partial charge in [-0.1, -0.05) is 0 Å². The molecular weight excluding hydrogens is 164 g/mol. The predicted octanol–water partition coefficient (Wildman–Crippen LogP) is -0.265. The first-order valence-corrected chi connectivity index (χ1v) is 3.01. The number of pyridine rings is 1. The van der Waals surface area contributed by atoms with Crippen LogP contribution in [0.15, 0.2) is 18.5 Å². The Balaban J connectivity index is 0.000000561. The zero-order valence-electron chi connectivity index (χ0n) is 6.44. The van der Waals surface area contributed by atoms with Gasteiger partial charge in [0.05, 0.1) is 6.20 Å². The minimum absolute atomic E-state index is 0.0440. The fraction of sp³-hybridized carbons (Fsp3) is 0.167. The Morgan fingerprint density at radius 3 is 2.75 bits per heavy atom. The SMILES string of the molecule is CO.O[B]Oc1ccncc1F. The zero-order valence-corrected chi connectivity index (χ0v) is 6.44. The molecule has 0 aliphatic rings. The molecule has 0 unspecified atom stereocenters. The molecule has 1 radical (unpaired) electrons. The molecule has 0 saturated carbocycles. The average Bonchev–Trinajstić information content (AvgIpc) is 2.13. The van der Waals surface area contributed by atoms with Gasteiger partial charge < -0.3 is 14.8 Å². The summed E-state index contributed by atoms with van der Waals surface area (Å²) < 4.78 is 16.8. The van der Waals surface area contributed by atoms with Gasteiger partial charge in [-0.2, -0.15) is 0 Å². The molecule has 6 heteroatoms.